The molecule has 0 saturated carbocycles. The van der Waals surface area contributed by atoms with Crippen molar-refractivity contribution in [3.8, 4) is 0 Å². The first kappa shape index (κ1) is 21.1. The second kappa shape index (κ2) is 8.64. The van der Waals surface area contributed by atoms with Crippen LogP contribution in [0.25, 0.3) is 0 Å². The summed E-state index contributed by atoms with van der Waals surface area (Å²) in [5, 5.41) is 3.48. The molecule has 1 aromatic heterocycles. The maximum atomic E-state index is 12.6. The molecule has 0 aliphatic carbocycles. The van der Waals surface area contributed by atoms with Crippen molar-refractivity contribution in [2.45, 2.75) is 31.5 Å². The first-order valence-electron chi connectivity index (χ1n) is 8.50. The lowest BCUT2D eigenvalue weighted by molar-refractivity contribution is 0.0922. The van der Waals surface area contributed by atoms with Gasteiger partial charge in [0.15, 0.2) is 11.4 Å². The van der Waals surface area contributed by atoms with E-state index in [0.717, 1.165) is 13.1 Å². The molecule has 0 amide bonds. The smallest absolute Gasteiger partial charge is 0.215 e. The highest BCUT2D eigenvalue weighted by Gasteiger charge is 2.30. The van der Waals surface area contributed by atoms with Gasteiger partial charge >= 0.3 is 0 Å². The maximum Gasteiger partial charge on any atom is 0.215 e. The highest BCUT2D eigenvalue weighted by molar-refractivity contribution is 7.98. The fraction of sp³-hybridized carbons (Fsp3) is 0.688. The lowest BCUT2D eigenvalue weighted by Gasteiger charge is -2.41. The zero-order chi connectivity index (χ0) is 19.4. The predicted octanol–water partition coefficient (Wildman–Crippen LogP) is 1.17. The third-order valence-corrected chi connectivity index (χ3v) is 6.77. The van der Waals surface area contributed by atoms with E-state index in [1.807, 2.05) is 6.26 Å². The van der Waals surface area contributed by atoms with Crippen molar-refractivity contribution in [1.82, 2.24) is 19.2 Å². The predicted molar refractivity (Wildman–Crippen MR) is 104 cm³/mol. The highest BCUT2D eigenvalue weighted by atomic mass is 32.2. The van der Waals surface area contributed by atoms with Gasteiger partial charge in [-0.05, 0) is 27.0 Å². The Morgan fingerprint density at radius 3 is 2.46 bits per heavy atom. The molecule has 1 aliphatic rings. The molecular weight excluding hydrogens is 374 g/mol. The van der Waals surface area contributed by atoms with Crippen molar-refractivity contribution >= 4 is 33.9 Å². The van der Waals surface area contributed by atoms with E-state index in [4.69, 9.17) is 0 Å². The normalized spacial score (nSPS) is 17.2. The number of aromatic nitrogens is 2. The Kier molecular flexibility index (Phi) is 7.00. The Balaban J connectivity index is 1.92. The van der Waals surface area contributed by atoms with Gasteiger partial charge in [0, 0.05) is 44.5 Å². The minimum Gasteiger partial charge on any atom is -0.368 e. The topological polar surface area (TPSA) is 95.5 Å². The summed E-state index contributed by atoms with van der Waals surface area (Å²) in [4.78, 5) is 21.6. The van der Waals surface area contributed by atoms with Crippen LogP contribution in [0.1, 0.15) is 31.1 Å². The summed E-state index contributed by atoms with van der Waals surface area (Å²) in [7, 11) is -3.35. The van der Waals surface area contributed by atoms with Crippen LogP contribution < -0.4 is 5.32 Å². The Bertz CT molecular complexity index is 726. The van der Waals surface area contributed by atoms with Gasteiger partial charge < -0.3 is 5.32 Å². The second-order valence-corrected chi connectivity index (χ2v) is 9.94. The summed E-state index contributed by atoms with van der Waals surface area (Å²) in [5.74, 6) is 0.325. The lowest BCUT2D eigenvalue weighted by Crippen LogP contribution is -2.55. The molecule has 1 N–H and O–H groups in total. The number of nitrogens with one attached hydrogen (secondary N) is 1. The molecule has 1 fully saturated rings. The number of aldehydes is 1. The van der Waals surface area contributed by atoms with Gasteiger partial charge in [0.25, 0.3) is 0 Å². The zero-order valence-corrected chi connectivity index (χ0v) is 17.4. The van der Waals surface area contributed by atoms with E-state index >= 15 is 0 Å². The molecule has 10 heteroatoms. The molecular formula is C16H27N5O3S2. The van der Waals surface area contributed by atoms with Crippen LogP contribution in [0.15, 0.2) is 11.4 Å². The van der Waals surface area contributed by atoms with E-state index in [2.05, 4.69) is 41.0 Å². The van der Waals surface area contributed by atoms with Crippen LogP contribution in [0, 0.1) is 0 Å². The van der Waals surface area contributed by atoms with Gasteiger partial charge in [0.05, 0.1) is 11.3 Å². The maximum absolute atomic E-state index is 12.6. The van der Waals surface area contributed by atoms with Crippen molar-refractivity contribution in [1.29, 1.82) is 0 Å². The minimum absolute atomic E-state index is 0.0422. The van der Waals surface area contributed by atoms with E-state index in [1.54, 1.807) is 4.31 Å². The number of piperazine rings is 1. The number of hydrogen-bond acceptors (Lipinski definition) is 8. The van der Waals surface area contributed by atoms with Crippen LogP contribution in [0.3, 0.4) is 0 Å². The molecule has 0 bridgehead atoms. The molecule has 1 aliphatic heterocycles. The number of carbonyl (C=O) groups excluding carboxylic acids is 1. The monoisotopic (exact) mass is 401 g/mol. The van der Waals surface area contributed by atoms with Gasteiger partial charge in [-0.2, -0.15) is 4.31 Å². The molecule has 2 heterocycles. The molecule has 0 spiro atoms. The summed E-state index contributed by atoms with van der Waals surface area (Å²) >= 11 is 1.36. The standard InChI is InChI=1S/C16H27N5O3S2/c1-16(2,3)20-6-8-21(9-7-20)26(23,24)10-5-17-14-13(12-22)11-18-15(19-14)25-4/h11-12H,5-10H2,1-4H3,(H,17,18,19). The number of thioether (sulfide) groups is 1. The third-order valence-electron chi connectivity index (χ3n) is 4.34. The first-order valence-corrected chi connectivity index (χ1v) is 11.3. The number of rotatable bonds is 7. The van der Waals surface area contributed by atoms with Crippen LogP contribution in [-0.4, -0.2) is 84.1 Å². The molecule has 8 nitrogen and oxygen atoms in total. The summed E-state index contributed by atoms with van der Waals surface area (Å²) in [6.07, 6.45) is 3.93. The van der Waals surface area contributed by atoms with Crippen LogP contribution in [0.2, 0.25) is 0 Å². The Hall–Kier alpha value is -1.23. The van der Waals surface area contributed by atoms with Gasteiger partial charge in [-0.3, -0.25) is 9.69 Å². The molecule has 1 saturated heterocycles. The van der Waals surface area contributed by atoms with E-state index in [9.17, 15) is 13.2 Å². The van der Waals surface area contributed by atoms with Crippen molar-refractivity contribution in [2.24, 2.45) is 0 Å². The summed E-state index contributed by atoms with van der Waals surface area (Å²) in [5.41, 5.74) is 0.365. The van der Waals surface area contributed by atoms with Crippen molar-refractivity contribution < 1.29 is 13.2 Å². The van der Waals surface area contributed by atoms with E-state index in [1.165, 1.54) is 18.0 Å². The number of hydrogen-bond donors (Lipinski definition) is 1. The number of nitrogens with zero attached hydrogens (tertiary/aromatic N) is 4. The average molecular weight is 402 g/mol. The zero-order valence-electron chi connectivity index (χ0n) is 15.7. The van der Waals surface area contributed by atoms with Crippen molar-refractivity contribution in [3.63, 3.8) is 0 Å². The molecule has 0 aromatic carbocycles. The van der Waals surface area contributed by atoms with Crippen molar-refractivity contribution in [2.75, 3.05) is 50.0 Å². The molecule has 146 valence electrons. The van der Waals surface area contributed by atoms with E-state index in [0.29, 0.717) is 35.9 Å². The van der Waals surface area contributed by atoms with Crippen LogP contribution in [-0.2, 0) is 10.0 Å². The average Bonchev–Trinajstić information content (AvgIpc) is 2.61. The SMILES string of the molecule is CSc1ncc(C=O)c(NCCS(=O)(=O)N2CCN(C(C)(C)C)CC2)n1. The highest BCUT2D eigenvalue weighted by Crippen LogP contribution is 2.18. The molecule has 0 radical (unpaired) electrons. The fourth-order valence-corrected chi connectivity index (χ4v) is 4.44. The van der Waals surface area contributed by atoms with Gasteiger partial charge in [-0.15, -0.1) is 0 Å². The summed E-state index contributed by atoms with van der Waals surface area (Å²) in [6.45, 7) is 9.06. The molecule has 0 unspecified atom stereocenters. The van der Waals surface area contributed by atoms with Crippen LogP contribution >= 0.6 is 11.8 Å². The second-order valence-electron chi connectivity index (χ2n) is 7.08. The minimum atomic E-state index is -3.35. The Morgan fingerprint density at radius 2 is 1.92 bits per heavy atom. The number of sulfonamides is 1. The van der Waals surface area contributed by atoms with Gasteiger partial charge in [-0.25, -0.2) is 18.4 Å². The summed E-state index contributed by atoms with van der Waals surface area (Å²) in [6, 6.07) is 0. The van der Waals surface area contributed by atoms with E-state index in [-0.39, 0.29) is 17.8 Å². The van der Waals surface area contributed by atoms with Crippen molar-refractivity contribution in [3.05, 3.63) is 11.8 Å². The van der Waals surface area contributed by atoms with Gasteiger partial charge in [0.1, 0.15) is 5.82 Å². The number of carbonyl (C=O) groups is 1. The largest absolute Gasteiger partial charge is 0.368 e. The fourth-order valence-electron chi connectivity index (χ4n) is 2.77. The van der Waals surface area contributed by atoms with E-state index < -0.39 is 10.0 Å². The quantitative estimate of drug-likeness (QED) is 0.413. The van der Waals surface area contributed by atoms with Crippen LogP contribution in [0.4, 0.5) is 5.82 Å². The van der Waals surface area contributed by atoms with Gasteiger partial charge in [-0.1, -0.05) is 11.8 Å². The lowest BCUT2D eigenvalue weighted by atomic mass is 10.1. The summed E-state index contributed by atoms with van der Waals surface area (Å²) < 4.78 is 26.7. The Morgan fingerprint density at radius 1 is 1.27 bits per heavy atom. The first-order chi connectivity index (χ1) is 12.2. The molecule has 26 heavy (non-hydrogen) atoms. The van der Waals surface area contributed by atoms with Gasteiger partial charge in [0.2, 0.25) is 10.0 Å². The molecule has 2 rings (SSSR count). The van der Waals surface area contributed by atoms with Crippen LogP contribution in [0.5, 0.6) is 0 Å². The third kappa shape index (κ3) is 5.38. The molecule has 1 aromatic rings. The number of anilines is 1. The Labute approximate surface area is 159 Å². The molecule has 0 atom stereocenters.